The number of carbonyl (C=O) groups excluding carboxylic acids is 1. The van der Waals surface area contributed by atoms with Crippen molar-refractivity contribution in [2.24, 2.45) is 7.05 Å². The minimum Gasteiger partial charge on any atom is -0.373 e. The van der Waals surface area contributed by atoms with Gasteiger partial charge in [0.1, 0.15) is 0 Å². The van der Waals surface area contributed by atoms with Crippen LogP contribution in [-0.2, 0) is 7.05 Å². The Kier molecular flexibility index (Phi) is 3.94. The maximum atomic E-state index is 13.1. The number of pyridine rings is 1. The molecule has 1 aliphatic rings. The Morgan fingerprint density at radius 1 is 1.09 bits per heavy atom. The first-order valence-electron chi connectivity index (χ1n) is 7.79. The van der Waals surface area contributed by atoms with Crippen molar-refractivity contribution in [3.8, 4) is 0 Å². The van der Waals surface area contributed by atoms with Crippen molar-refractivity contribution in [2.45, 2.75) is 19.4 Å². The monoisotopic (exact) mass is 311 g/mol. The molecule has 0 spiro atoms. The standard InChI is InChI=1S/C18H21N3O2/c1-13-10-11-19(2)15-6-4-5-7-16(15)21(13)18(23)14-8-9-17(22)20(3)12-14/h4-9,12-13H,10-11H2,1-3H3/t13-/m1/s1. The Hall–Kier alpha value is -2.56. The van der Waals surface area contributed by atoms with Gasteiger partial charge in [0.15, 0.2) is 0 Å². The lowest BCUT2D eigenvalue weighted by Crippen LogP contribution is -2.39. The Bertz CT molecular complexity index is 797. The second-order valence-electron chi connectivity index (χ2n) is 6.09. The number of para-hydroxylation sites is 2. The molecule has 3 rings (SSSR count). The molecule has 1 aliphatic heterocycles. The lowest BCUT2D eigenvalue weighted by Gasteiger charge is -2.28. The van der Waals surface area contributed by atoms with E-state index in [0.29, 0.717) is 5.56 Å². The van der Waals surface area contributed by atoms with Crippen molar-refractivity contribution < 1.29 is 4.79 Å². The number of amides is 1. The van der Waals surface area contributed by atoms with Crippen LogP contribution < -0.4 is 15.4 Å². The van der Waals surface area contributed by atoms with Gasteiger partial charge in [0.05, 0.1) is 16.9 Å². The first-order chi connectivity index (χ1) is 11.0. The highest BCUT2D eigenvalue weighted by molar-refractivity contribution is 6.08. The molecule has 120 valence electrons. The summed E-state index contributed by atoms with van der Waals surface area (Å²) in [6, 6.07) is 11.1. The highest BCUT2D eigenvalue weighted by atomic mass is 16.2. The first kappa shape index (κ1) is 15.3. The van der Waals surface area contributed by atoms with Gasteiger partial charge in [-0.05, 0) is 31.5 Å². The second-order valence-corrected chi connectivity index (χ2v) is 6.09. The number of rotatable bonds is 1. The summed E-state index contributed by atoms with van der Waals surface area (Å²) >= 11 is 0. The van der Waals surface area contributed by atoms with Gasteiger partial charge >= 0.3 is 0 Å². The normalized spacial score (nSPS) is 17.6. The Morgan fingerprint density at radius 3 is 2.48 bits per heavy atom. The van der Waals surface area contributed by atoms with Gasteiger partial charge in [-0.15, -0.1) is 0 Å². The number of hydrogen-bond acceptors (Lipinski definition) is 3. The summed E-state index contributed by atoms with van der Waals surface area (Å²) < 4.78 is 1.44. The molecule has 0 bridgehead atoms. The molecule has 2 aromatic rings. The summed E-state index contributed by atoms with van der Waals surface area (Å²) in [5, 5.41) is 0. The highest BCUT2D eigenvalue weighted by Gasteiger charge is 2.29. The zero-order valence-electron chi connectivity index (χ0n) is 13.7. The fourth-order valence-electron chi connectivity index (χ4n) is 3.03. The van der Waals surface area contributed by atoms with E-state index in [9.17, 15) is 9.59 Å². The van der Waals surface area contributed by atoms with Gasteiger partial charge < -0.3 is 14.4 Å². The molecule has 2 heterocycles. The zero-order chi connectivity index (χ0) is 16.6. The molecule has 0 fully saturated rings. The summed E-state index contributed by atoms with van der Waals surface area (Å²) in [5.41, 5.74) is 2.37. The van der Waals surface area contributed by atoms with E-state index >= 15 is 0 Å². The molecule has 0 saturated heterocycles. The third-order valence-corrected chi connectivity index (χ3v) is 4.43. The first-order valence-corrected chi connectivity index (χ1v) is 7.79. The molecule has 0 unspecified atom stereocenters. The summed E-state index contributed by atoms with van der Waals surface area (Å²) in [4.78, 5) is 28.7. The Balaban J connectivity index is 2.09. The number of anilines is 2. The van der Waals surface area contributed by atoms with E-state index < -0.39 is 0 Å². The Labute approximate surface area is 135 Å². The van der Waals surface area contributed by atoms with Crippen LogP contribution in [0.2, 0.25) is 0 Å². The number of aryl methyl sites for hydroxylation is 1. The molecule has 0 aliphatic carbocycles. The van der Waals surface area contributed by atoms with Gasteiger partial charge in [0.2, 0.25) is 5.56 Å². The third kappa shape index (κ3) is 2.74. The number of fused-ring (bicyclic) bond motifs is 1. The number of aromatic nitrogens is 1. The molecule has 1 aromatic carbocycles. The van der Waals surface area contributed by atoms with Crippen LogP contribution >= 0.6 is 0 Å². The average Bonchev–Trinajstić information content (AvgIpc) is 2.67. The molecule has 23 heavy (non-hydrogen) atoms. The van der Waals surface area contributed by atoms with E-state index in [1.165, 1.54) is 10.6 Å². The maximum absolute atomic E-state index is 13.1. The van der Waals surface area contributed by atoms with E-state index in [-0.39, 0.29) is 17.5 Å². The van der Waals surface area contributed by atoms with Crippen LogP contribution in [0.25, 0.3) is 0 Å². The summed E-state index contributed by atoms with van der Waals surface area (Å²) in [6.45, 7) is 2.96. The molecular formula is C18H21N3O2. The van der Waals surface area contributed by atoms with Crippen molar-refractivity contribution in [1.82, 2.24) is 4.57 Å². The van der Waals surface area contributed by atoms with E-state index in [4.69, 9.17) is 0 Å². The van der Waals surface area contributed by atoms with Crippen molar-refractivity contribution >= 4 is 17.3 Å². The second kappa shape index (κ2) is 5.91. The molecule has 1 atom stereocenters. The van der Waals surface area contributed by atoms with Gasteiger partial charge in [0, 0.05) is 38.9 Å². The van der Waals surface area contributed by atoms with Crippen LogP contribution in [0.3, 0.4) is 0 Å². The van der Waals surface area contributed by atoms with Crippen molar-refractivity contribution in [3.05, 3.63) is 58.5 Å². The summed E-state index contributed by atoms with van der Waals surface area (Å²) in [5.74, 6) is -0.0733. The minimum atomic E-state index is -0.120. The summed E-state index contributed by atoms with van der Waals surface area (Å²) in [7, 11) is 3.71. The van der Waals surface area contributed by atoms with Crippen LogP contribution in [-0.4, -0.2) is 30.1 Å². The van der Waals surface area contributed by atoms with Crippen LogP contribution in [0.1, 0.15) is 23.7 Å². The lowest BCUT2D eigenvalue weighted by atomic mass is 10.1. The van der Waals surface area contributed by atoms with E-state index in [1.54, 1.807) is 19.3 Å². The lowest BCUT2D eigenvalue weighted by molar-refractivity contribution is 0.0977. The molecule has 1 aromatic heterocycles. The SMILES string of the molecule is C[C@@H]1CCN(C)c2ccccc2N1C(=O)c1ccc(=O)n(C)c1. The van der Waals surface area contributed by atoms with Gasteiger partial charge in [0.25, 0.3) is 5.91 Å². The third-order valence-electron chi connectivity index (χ3n) is 4.43. The predicted molar refractivity (Wildman–Crippen MR) is 92.3 cm³/mol. The van der Waals surface area contributed by atoms with E-state index in [2.05, 4.69) is 11.8 Å². The van der Waals surface area contributed by atoms with Gasteiger partial charge in [-0.2, -0.15) is 0 Å². The molecule has 0 radical (unpaired) electrons. The molecule has 1 amide bonds. The molecule has 5 nitrogen and oxygen atoms in total. The van der Waals surface area contributed by atoms with Gasteiger partial charge in [-0.25, -0.2) is 0 Å². The highest BCUT2D eigenvalue weighted by Crippen LogP contribution is 2.34. The van der Waals surface area contributed by atoms with Crippen LogP contribution in [0.4, 0.5) is 11.4 Å². The average molecular weight is 311 g/mol. The number of hydrogen-bond donors (Lipinski definition) is 0. The minimum absolute atomic E-state index is 0.0733. The fraction of sp³-hybridized carbons (Fsp3) is 0.333. The quantitative estimate of drug-likeness (QED) is 0.811. The molecular weight excluding hydrogens is 290 g/mol. The van der Waals surface area contributed by atoms with Gasteiger partial charge in [-0.1, -0.05) is 12.1 Å². The number of benzene rings is 1. The maximum Gasteiger partial charge on any atom is 0.260 e. The van der Waals surface area contributed by atoms with Crippen LogP contribution in [0, 0.1) is 0 Å². The number of nitrogens with zero attached hydrogens (tertiary/aromatic N) is 3. The smallest absolute Gasteiger partial charge is 0.260 e. The van der Waals surface area contributed by atoms with Gasteiger partial charge in [-0.3, -0.25) is 9.59 Å². The summed E-state index contributed by atoms with van der Waals surface area (Å²) in [6.07, 6.45) is 2.50. The topological polar surface area (TPSA) is 45.6 Å². The van der Waals surface area contributed by atoms with Crippen molar-refractivity contribution in [2.75, 3.05) is 23.4 Å². The van der Waals surface area contributed by atoms with Crippen molar-refractivity contribution in [1.29, 1.82) is 0 Å². The van der Waals surface area contributed by atoms with Crippen LogP contribution in [0.15, 0.2) is 47.4 Å². The van der Waals surface area contributed by atoms with E-state index in [0.717, 1.165) is 24.3 Å². The molecule has 0 N–H and O–H groups in total. The van der Waals surface area contributed by atoms with E-state index in [1.807, 2.05) is 36.2 Å². The fourth-order valence-corrected chi connectivity index (χ4v) is 3.03. The van der Waals surface area contributed by atoms with Crippen LogP contribution in [0.5, 0.6) is 0 Å². The van der Waals surface area contributed by atoms with Crippen molar-refractivity contribution in [3.63, 3.8) is 0 Å². The zero-order valence-corrected chi connectivity index (χ0v) is 13.7. The molecule has 5 heteroatoms. The predicted octanol–water partition coefficient (Wildman–Crippen LogP) is 2.26. The number of carbonyl (C=O) groups is 1. The Morgan fingerprint density at radius 2 is 1.78 bits per heavy atom. The largest absolute Gasteiger partial charge is 0.373 e. The molecule has 0 saturated carbocycles.